The van der Waals surface area contributed by atoms with E-state index in [4.69, 9.17) is 4.74 Å². The van der Waals surface area contributed by atoms with Crippen LogP contribution in [-0.4, -0.2) is 64.2 Å². The Bertz CT molecular complexity index is 953. The van der Waals surface area contributed by atoms with Crippen molar-refractivity contribution >= 4 is 23.4 Å². The zero-order valence-corrected chi connectivity index (χ0v) is 21.3. The average molecular weight is 486 g/mol. The van der Waals surface area contributed by atoms with E-state index in [0.717, 1.165) is 12.8 Å². The molecule has 1 spiro atoms. The van der Waals surface area contributed by atoms with Gasteiger partial charge in [-0.15, -0.1) is 0 Å². The second-order valence-corrected chi connectivity index (χ2v) is 10.6. The average Bonchev–Trinajstić information content (AvgIpc) is 3.44. The van der Waals surface area contributed by atoms with Gasteiger partial charge in [0.15, 0.2) is 0 Å². The molecule has 35 heavy (non-hydrogen) atoms. The van der Waals surface area contributed by atoms with Crippen molar-refractivity contribution in [1.82, 2.24) is 10.2 Å². The van der Waals surface area contributed by atoms with Gasteiger partial charge in [-0.1, -0.05) is 52.3 Å². The van der Waals surface area contributed by atoms with Gasteiger partial charge in [-0.25, -0.2) is 0 Å². The van der Waals surface area contributed by atoms with Crippen LogP contribution in [0.4, 0.5) is 5.69 Å². The van der Waals surface area contributed by atoms with Crippen LogP contribution >= 0.6 is 0 Å². The number of likely N-dealkylation sites (tertiary alicyclic amines) is 1. The standard InChI is InChI=1S/C27H39N3O5/c1-5-7-15-28-24(33)22-27-14-13-26(6-2,35-27)20(23(32)29-18-11-9-8-10-12-18)21(27)25(34)30(22)19(16-31)17(3)4/h8-12,17,19-22,31H,5-7,13-16H2,1-4H3,(H,28,33)(H,29,32)/t19-,20+,21-,22?,26-,27?/m0/s1. The maximum Gasteiger partial charge on any atom is 0.245 e. The Kier molecular flexibility index (Phi) is 7.25. The topological polar surface area (TPSA) is 108 Å². The van der Waals surface area contributed by atoms with Gasteiger partial charge in [0.05, 0.1) is 30.1 Å². The predicted molar refractivity (Wildman–Crippen MR) is 132 cm³/mol. The molecule has 3 N–H and O–H groups in total. The lowest BCUT2D eigenvalue weighted by molar-refractivity contribution is -0.151. The van der Waals surface area contributed by atoms with E-state index < -0.39 is 35.1 Å². The zero-order valence-electron chi connectivity index (χ0n) is 21.3. The quantitative estimate of drug-likeness (QED) is 0.442. The third-order valence-electron chi connectivity index (χ3n) is 8.33. The number of aliphatic hydroxyl groups excluding tert-OH is 1. The van der Waals surface area contributed by atoms with Crippen LogP contribution in [0.15, 0.2) is 30.3 Å². The number of para-hydroxylation sites is 1. The molecule has 2 unspecified atom stereocenters. The number of carbonyl (C=O) groups is 3. The van der Waals surface area contributed by atoms with Crippen molar-refractivity contribution in [2.45, 2.75) is 83.1 Å². The van der Waals surface area contributed by atoms with Gasteiger partial charge < -0.3 is 25.4 Å². The number of unbranched alkanes of at least 4 members (excludes halogenated alkanes) is 1. The van der Waals surface area contributed by atoms with E-state index in [1.54, 1.807) is 4.90 Å². The smallest absolute Gasteiger partial charge is 0.245 e. The van der Waals surface area contributed by atoms with Crippen LogP contribution in [0.1, 0.15) is 59.8 Å². The van der Waals surface area contributed by atoms with Crippen LogP contribution < -0.4 is 10.6 Å². The van der Waals surface area contributed by atoms with Gasteiger partial charge in [-0.05, 0) is 43.7 Å². The van der Waals surface area contributed by atoms with Gasteiger partial charge in [0, 0.05) is 12.2 Å². The molecule has 8 heteroatoms. The number of hydrogen-bond acceptors (Lipinski definition) is 5. The van der Waals surface area contributed by atoms with Gasteiger partial charge in [0.25, 0.3) is 0 Å². The lowest BCUT2D eigenvalue weighted by Crippen LogP contribution is -2.59. The molecule has 0 saturated carbocycles. The van der Waals surface area contributed by atoms with E-state index in [1.165, 1.54) is 0 Å². The van der Waals surface area contributed by atoms with Crippen molar-refractivity contribution in [3.05, 3.63) is 30.3 Å². The maximum absolute atomic E-state index is 14.1. The fourth-order valence-electron chi connectivity index (χ4n) is 6.56. The minimum absolute atomic E-state index is 0.0703. The first kappa shape index (κ1) is 25.6. The number of amides is 3. The summed E-state index contributed by atoms with van der Waals surface area (Å²) in [6.07, 6.45) is 3.48. The Morgan fingerprint density at radius 3 is 2.49 bits per heavy atom. The minimum Gasteiger partial charge on any atom is -0.394 e. The molecule has 6 atom stereocenters. The third kappa shape index (κ3) is 4.04. The molecule has 3 fully saturated rings. The summed E-state index contributed by atoms with van der Waals surface area (Å²) in [7, 11) is 0. The number of nitrogens with zero attached hydrogens (tertiary/aromatic N) is 1. The summed E-state index contributed by atoms with van der Waals surface area (Å²) in [4.78, 5) is 43.0. The monoisotopic (exact) mass is 485 g/mol. The molecule has 4 rings (SSSR count). The molecule has 0 radical (unpaired) electrons. The van der Waals surface area contributed by atoms with Gasteiger partial charge in [0.1, 0.15) is 11.6 Å². The van der Waals surface area contributed by atoms with Crippen LogP contribution in [0.5, 0.6) is 0 Å². The summed E-state index contributed by atoms with van der Waals surface area (Å²) in [6, 6.07) is 7.78. The molecule has 1 aromatic rings. The van der Waals surface area contributed by atoms with E-state index in [9.17, 15) is 19.5 Å². The van der Waals surface area contributed by atoms with Crippen molar-refractivity contribution in [2.75, 3.05) is 18.5 Å². The zero-order chi connectivity index (χ0) is 25.4. The Labute approximate surface area is 207 Å². The first-order valence-corrected chi connectivity index (χ1v) is 13.0. The molecule has 3 heterocycles. The number of ether oxygens (including phenoxy) is 1. The van der Waals surface area contributed by atoms with Crippen LogP contribution in [-0.2, 0) is 19.1 Å². The largest absolute Gasteiger partial charge is 0.394 e. The van der Waals surface area contributed by atoms with Gasteiger partial charge >= 0.3 is 0 Å². The van der Waals surface area contributed by atoms with Gasteiger partial charge in [-0.3, -0.25) is 14.4 Å². The number of fused-ring (bicyclic) bond motifs is 1. The Morgan fingerprint density at radius 1 is 1.17 bits per heavy atom. The molecular formula is C27H39N3O5. The number of aliphatic hydroxyl groups is 1. The third-order valence-corrected chi connectivity index (χ3v) is 8.33. The molecule has 192 valence electrons. The van der Waals surface area contributed by atoms with Crippen LogP contribution in [0.2, 0.25) is 0 Å². The Hall–Kier alpha value is -2.45. The fraction of sp³-hybridized carbons (Fsp3) is 0.667. The fourth-order valence-corrected chi connectivity index (χ4v) is 6.56. The first-order chi connectivity index (χ1) is 16.8. The molecule has 2 bridgehead atoms. The van der Waals surface area contributed by atoms with E-state index in [-0.39, 0.29) is 30.2 Å². The number of nitrogens with one attached hydrogen (secondary N) is 2. The number of benzene rings is 1. The van der Waals surface area contributed by atoms with Gasteiger partial charge in [-0.2, -0.15) is 0 Å². The second kappa shape index (κ2) is 9.90. The van der Waals surface area contributed by atoms with Crippen LogP contribution in [0, 0.1) is 17.8 Å². The van der Waals surface area contributed by atoms with Crippen LogP contribution in [0.25, 0.3) is 0 Å². The summed E-state index contributed by atoms with van der Waals surface area (Å²) in [5, 5.41) is 16.2. The summed E-state index contributed by atoms with van der Waals surface area (Å²) in [5.41, 5.74) is -1.21. The molecule has 1 aromatic carbocycles. The number of hydrogen-bond donors (Lipinski definition) is 3. The predicted octanol–water partition coefficient (Wildman–Crippen LogP) is 2.71. The lowest BCUT2D eigenvalue weighted by atomic mass is 9.65. The normalized spacial score (nSPS) is 32.1. The maximum atomic E-state index is 14.1. The van der Waals surface area contributed by atoms with Crippen molar-refractivity contribution < 1.29 is 24.2 Å². The second-order valence-electron chi connectivity index (χ2n) is 10.6. The van der Waals surface area contributed by atoms with Crippen LogP contribution in [0.3, 0.4) is 0 Å². The highest BCUT2D eigenvalue weighted by atomic mass is 16.5. The molecule has 3 aliphatic rings. The molecule has 0 aliphatic carbocycles. The van der Waals surface area contributed by atoms with Gasteiger partial charge in [0.2, 0.25) is 17.7 Å². The number of rotatable bonds is 10. The van der Waals surface area contributed by atoms with E-state index in [1.807, 2.05) is 51.1 Å². The van der Waals surface area contributed by atoms with Crippen molar-refractivity contribution in [1.29, 1.82) is 0 Å². The SMILES string of the molecule is CCCCNC(=O)C1N([C@@H](CO)C(C)C)C(=O)[C@@H]2[C@H](C(=O)Nc3ccccc3)[C@]3(CC)CCC12O3. The highest BCUT2D eigenvalue weighted by molar-refractivity contribution is 6.02. The van der Waals surface area contributed by atoms with E-state index in [2.05, 4.69) is 17.6 Å². The summed E-state index contributed by atoms with van der Waals surface area (Å²) < 4.78 is 6.74. The first-order valence-electron chi connectivity index (χ1n) is 13.0. The molecule has 3 amide bonds. The Balaban J connectivity index is 1.75. The van der Waals surface area contributed by atoms with E-state index >= 15 is 0 Å². The highest BCUT2D eigenvalue weighted by Gasteiger charge is 2.79. The number of carbonyl (C=O) groups excluding carboxylic acids is 3. The van der Waals surface area contributed by atoms with Crippen molar-refractivity contribution in [2.24, 2.45) is 17.8 Å². The highest BCUT2D eigenvalue weighted by Crippen LogP contribution is 2.64. The molecule has 3 aliphatic heterocycles. The summed E-state index contributed by atoms with van der Waals surface area (Å²) in [6.45, 7) is 8.14. The molecule has 3 saturated heterocycles. The summed E-state index contributed by atoms with van der Waals surface area (Å²) >= 11 is 0. The minimum atomic E-state index is -1.08. The molecule has 0 aromatic heterocycles. The Morgan fingerprint density at radius 2 is 1.89 bits per heavy atom. The van der Waals surface area contributed by atoms with Crippen molar-refractivity contribution in [3.63, 3.8) is 0 Å². The van der Waals surface area contributed by atoms with E-state index in [0.29, 0.717) is 31.5 Å². The number of anilines is 1. The molecular weight excluding hydrogens is 446 g/mol. The molecule has 8 nitrogen and oxygen atoms in total. The van der Waals surface area contributed by atoms with Crippen molar-refractivity contribution in [3.8, 4) is 0 Å². The summed E-state index contributed by atoms with van der Waals surface area (Å²) in [5.74, 6) is -2.33. The lowest BCUT2D eigenvalue weighted by Gasteiger charge is -2.38.